The number of hydrogen-bond acceptors (Lipinski definition) is 7. The van der Waals surface area contributed by atoms with Gasteiger partial charge in [-0.15, -0.1) is 0 Å². The van der Waals surface area contributed by atoms with Gasteiger partial charge in [0, 0.05) is 16.3 Å². The van der Waals surface area contributed by atoms with E-state index >= 15 is 0 Å². The van der Waals surface area contributed by atoms with Gasteiger partial charge in [0.05, 0.1) is 17.4 Å². The number of sulfonamides is 1. The molecule has 0 radical (unpaired) electrons. The minimum Gasteiger partial charge on any atom is -0.497 e. The summed E-state index contributed by atoms with van der Waals surface area (Å²) in [6.45, 7) is 6.96. The van der Waals surface area contributed by atoms with E-state index in [1.165, 1.54) is 19.2 Å². The number of rotatable bonds is 7. The second-order valence-corrected chi connectivity index (χ2v) is 10.7. The molecule has 1 atom stereocenters. The Morgan fingerprint density at radius 1 is 0.944 bits per heavy atom. The van der Waals surface area contributed by atoms with Gasteiger partial charge in [-0.05, 0) is 62.2 Å². The van der Waals surface area contributed by atoms with Gasteiger partial charge in [0.25, 0.3) is 0 Å². The molecule has 4 aromatic rings. The van der Waals surface area contributed by atoms with Crippen molar-refractivity contribution in [3.63, 3.8) is 0 Å². The van der Waals surface area contributed by atoms with Crippen molar-refractivity contribution < 1.29 is 27.1 Å². The Balaban J connectivity index is 1.67. The Kier molecular flexibility index (Phi) is 6.88. The van der Waals surface area contributed by atoms with Crippen LogP contribution in [0.25, 0.3) is 21.7 Å². The number of esters is 1. The summed E-state index contributed by atoms with van der Waals surface area (Å²) in [5, 5.41) is 1.72. The van der Waals surface area contributed by atoms with Gasteiger partial charge in [0.1, 0.15) is 23.1 Å². The minimum absolute atomic E-state index is 0.0544. The smallest absolute Gasteiger partial charge is 0.344 e. The van der Waals surface area contributed by atoms with Crippen LogP contribution in [0, 0.1) is 19.8 Å². The molecule has 0 saturated carbocycles. The summed E-state index contributed by atoms with van der Waals surface area (Å²) in [5.41, 5.74) is 1.09. The van der Waals surface area contributed by atoms with E-state index in [1.807, 2.05) is 6.92 Å². The van der Waals surface area contributed by atoms with Crippen LogP contribution >= 0.6 is 0 Å². The van der Waals surface area contributed by atoms with E-state index in [-0.39, 0.29) is 16.2 Å². The second-order valence-electron chi connectivity index (χ2n) is 8.94. The quantitative estimate of drug-likeness (QED) is 0.169. The van der Waals surface area contributed by atoms with Crippen molar-refractivity contribution in [2.24, 2.45) is 5.92 Å². The SMILES string of the molecule is COc1ccc2c(c1)c(=O)oc1c(C)c(OC(=O)C(NS(=O)(=O)c3ccc(C)cc3)C(C)C)ccc12. The number of benzene rings is 3. The highest BCUT2D eigenvalue weighted by Gasteiger charge is 2.30. The lowest BCUT2D eigenvalue weighted by Crippen LogP contribution is -2.46. The number of carbonyl (C=O) groups is 1. The summed E-state index contributed by atoms with van der Waals surface area (Å²) < 4.78 is 44.6. The molecule has 0 bridgehead atoms. The summed E-state index contributed by atoms with van der Waals surface area (Å²) in [6.07, 6.45) is 0. The largest absolute Gasteiger partial charge is 0.497 e. The zero-order valence-electron chi connectivity index (χ0n) is 20.6. The average molecular weight is 510 g/mol. The lowest BCUT2D eigenvalue weighted by atomic mass is 10.0. The Bertz CT molecular complexity index is 1620. The topological polar surface area (TPSA) is 112 Å². The van der Waals surface area contributed by atoms with Crippen LogP contribution in [0.15, 0.2) is 68.7 Å². The normalized spacial score (nSPS) is 12.7. The summed E-state index contributed by atoms with van der Waals surface area (Å²) in [5.74, 6) is -0.459. The van der Waals surface area contributed by atoms with Gasteiger partial charge in [0.2, 0.25) is 10.0 Å². The summed E-state index contributed by atoms with van der Waals surface area (Å²) in [4.78, 5) is 25.8. The molecule has 0 aliphatic rings. The Hall–Kier alpha value is -3.69. The van der Waals surface area contributed by atoms with E-state index in [0.717, 1.165) is 5.56 Å². The van der Waals surface area contributed by atoms with Crippen LogP contribution in [0.5, 0.6) is 11.5 Å². The Morgan fingerprint density at radius 2 is 1.61 bits per heavy atom. The van der Waals surface area contributed by atoms with Crippen molar-refractivity contribution in [1.29, 1.82) is 0 Å². The van der Waals surface area contributed by atoms with Gasteiger partial charge in [-0.2, -0.15) is 4.72 Å². The first-order valence-electron chi connectivity index (χ1n) is 11.4. The molecule has 3 aromatic carbocycles. The predicted molar refractivity (Wildman–Crippen MR) is 137 cm³/mol. The van der Waals surface area contributed by atoms with E-state index in [2.05, 4.69) is 4.72 Å². The first-order valence-corrected chi connectivity index (χ1v) is 12.8. The van der Waals surface area contributed by atoms with E-state index in [4.69, 9.17) is 13.9 Å². The third-order valence-corrected chi connectivity index (χ3v) is 7.49. The Labute approximate surface area is 208 Å². The number of methoxy groups -OCH3 is 1. The third kappa shape index (κ3) is 4.84. The van der Waals surface area contributed by atoms with Crippen LogP contribution in [-0.4, -0.2) is 27.5 Å². The molecule has 0 aliphatic heterocycles. The molecule has 188 valence electrons. The maximum absolute atomic E-state index is 13.1. The van der Waals surface area contributed by atoms with E-state index in [1.54, 1.807) is 63.2 Å². The molecule has 0 saturated heterocycles. The number of ether oxygens (including phenoxy) is 2. The van der Waals surface area contributed by atoms with Crippen LogP contribution in [0.4, 0.5) is 0 Å². The summed E-state index contributed by atoms with van der Waals surface area (Å²) in [7, 11) is -2.45. The highest BCUT2D eigenvalue weighted by molar-refractivity contribution is 7.89. The molecular weight excluding hydrogens is 482 g/mol. The van der Waals surface area contributed by atoms with Gasteiger partial charge in [-0.25, -0.2) is 18.0 Å². The molecule has 0 aliphatic carbocycles. The highest BCUT2D eigenvalue weighted by Crippen LogP contribution is 2.32. The fourth-order valence-corrected chi connectivity index (χ4v) is 5.24. The maximum Gasteiger partial charge on any atom is 0.344 e. The molecule has 1 heterocycles. The number of aryl methyl sites for hydroxylation is 2. The van der Waals surface area contributed by atoms with Crippen molar-refractivity contribution in [2.45, 2.75) is 38.6 Å². The molecule has 36 heavy (non-hydrogen) atoms. The van der Waals surface area contributed by atoms with Crippen LogP contribution in [0.3, 0.4) is 0 Å². The van der Waals surface area contributed by atoms with Gasteiger partial charge >= 0.3 is 11.6 Å². The Morgan fingerprint density at radius 3 is 2.25 bits per heavy atom. The molecular formula is C27H27NO7S. The second kappa shape index (κ2) is 9.75. The van der Waals surface area contributed by atoms with Crippen molar-refractivity contribution >= 4 is 37.7 Å². The lowest BCUT2D eigenvalue weighted by molar-refractivity contribution is -0.137. The van der Waals surface area contributed by atoms with Crippen molar-refractivity contribution in [3.8, 4) is 11.5 Å². The first kappa shape index (κ1) is 25.4. The predicted octanol–water partition coefficient (Wildman–Crippen LogP) is 4.48. The van der Waals surface area contributed by atoms with Crippen molar-refractivity contribution in [2.75, 3.05) is 7.11 Å². The van der Waals surface area contributed by atoms with Gasteiger partial charge < -0.3 is 13.9 Å². The van der Waals surface area contributed by atoms with E-state index in [0.29, 0.717) is 27.5 Å². The van der Waals surface area contributed by atoms with Crippen molar-refractivity contribution in [3.05, 3.63) is 76.1 Å². The number of hydrogen-bond donors (Lipinski definition) is 1. The van der Waals surface area contributed by atoms with Gasteiger partial charge in [-0.1, -0.05) is 31.5 Å². The zero-order valence-corrected chi connectivity index (χ0v) is 21.4. The van der Waals surface area contributed by atoms with Crippen LogP contribution in [0.2, 0.25) is 0 Å². The summed E-state index contributed by atoms with van der Waals surface area (Å²) >= 11 is 0. The zero-order chi connectivity index (χ0) is 26.2. The first-order chi connectivity index (χ1) is 17.0. The molecule has 0 amide bonds. The molecule has 1 N–H and O–H groups in total. The molecule has 1 aromatic heterocycles. The molecule has 8 nitrogen and oxygen atoms in total. The minimum atomic E-state index is -3.96. The van der Waals surface area contributed by atoms with Crippen molar-refractivity contribution in [1.82, 2.24) is 4.72 Å². The standard InChI is InChI=1S/C27H27NO7S/c1-15(2)24(28-36(31,32)19-9-6-16(3)7-10-19)27(30)34-23-13-12-21-20-11-8-18(33-5)14-22(20)26(29)35-25(21)17(23)4/h6-15,24,28H,1-5H3. The summed E-state index contributed by atoms with van der Waals surface area (Å²) in [6, 6.07) is 13.6. The molecule has 4 rings (SSSR count). The number of nitrogens with one attached hydrogen (secondary N) is 1. The van der Waals surface area contributed by atoms with Gasteiger partial charge in [0.15, 0.2) is 0 Å². The third-order valence-electron chi connectivity index (χ3n) is 6.03. The number of carbonyl (C=O) groups excluding carboxylic acids is 1. The molecule has 1 unspecified atom stereocenters. The van der Waals surface area contributed by atoms with Crippen LogP contribution in [0.1, 0.15) is 25.0 Å². The number of fused-ring (bicyclic) bond motifs is 3. The average Bonchev–Trinajstić information content (AvgIpc) is 2.84. The fraction of sp³-hybridized carbons (Fsp3) is 0.259. The fourth-order valence-electron chi connectivity index (χ4n) is 3.91. The van der Waals surface area contributed by atoms with Crippen LogP contribution in [-0.2, 0) is 14.8 Å². The monoisotopic (exact) mass is 509 g/mol. The van der Waals surface area contributed by atoms with E-state index < -0.39 is 33.6 Å². The highest BCUT2D eigenvalue weighted by atomic mass is 32.2. The molecule has 0 fully saturated rings. The van der Waals surface area contributed by atoms with Crippen LogP contribution < -0.4 is 19.8 Å². The lowest BCUT2D eigenvalue weighted by Gasteiger charge is -2.21. The molecule has 9 heteroatoms. The van der Waals surface area contributed by atoms with E-state index in [9.17, 15) is 18.0 Å². The maximum atomic E-state index is 13.1. The molecule has 0 spiro atoms. The van der Waals surface area contributed by atoms with Gasteiger partial charge in [-0.3, -0.25) is 0 Å².